The maximum absolute atomic E-state index is 2.52. The number of piperidine rings is 1. The van der Waals surface area contributed by atoms with Crippen molar-refractivity contribution < 1.29 is 5.32 Å². The third-order valence-electron chi connectivity index (χ3n) is 3.53. The second-order valence-electron chi connectivity index (χ2n) is 5.00. The number of rotatable bonds is 5. The highest BCUT2D eigenvalue weighted by atomic mass is 15.1. The Balaban J connectivity index is 1.88. The molecule has 1 aromatic rings. The van der Waals surface area contributed by atoms with Crippen LogP contribution in [0.5, 0.6) is 0 Å². The Hall–Kier alpha value is -1.02. The first-order valence-electron chi connectivity index (χ1n) is 7.05. The van der Waals surface area contributed by atoms with E-state index in [0.717, 1.165) is 6.54 Å². The standard InChI is InChI=1S/C15H24N2/c1-2-10-16-13-14-6-8-15(9-7-14)17-11-4-3-5-12-17/h6-9,16H,2-5,10-13H2,1H3/p+1. The molecular formula is C15H25N2+. The SMILES string of the molecule is CCC[NH2+]Cc1ccc(N2CCCCC2)cc1. The monoisotopic (exact) mass is 233 g/mol. The molecule has 1 aliphatic rings. The number of nitrogens with zero attached hydrogens (tertiary/aromatic N) is 1. The van der Waals surface area contributed by atoms with Gasteiger partial charge in [-0.15, -0.1) is 0 Å². The Kier molecular flexibility index (Phi) is 4.87. The maximum atomic E-state index is 2.52. The van der Waals surface area contributed by atoms with Gasteiger partial charge in [0.15, 0.2) is 0 Å². The Labute approximate surface area is 105 Å². The molecule has 0 saturated carbocycles. The molecule has 1 saturated heterocycles. The van der Waals surface area contributed by atoms with Gasteiger partial charge in [-0.3, -0.25) is 0 Å². The van der Waals surface area contributed by atoms with Crippen LogP contribution < -0.4 is 10.2 Å². The minimum absolute atomic E-state index is 1.12. The Bertz CT molecular complexity index is 312. The lowest BCUT2D eigenvalue weighted by molar-refractivity contribution is -0.670. The van der Waals surface area contributed by atoms with Crippen LogP contribution in [-0.2, 0) is 6.54 Å². The topological polar surface area (TPSA) is 19.9 Å². The quantitative estimate of drug-likeness (QED) is 0.773. The van der Waals surface area contributed by atoms with Gasteiger partial charge in [0.1, 0.15) is 6.54 Å². The minimum Gasteiger partial charge on any atom is -0.372 e. The van der Waals surface area contributed by atoms with Crippen molar-refractivity contribution >= 4 is 5.69 Å². The van der Waals surface area contributed by atoms with E-state index in [0.29, 0.717) is 0 Å². The van der Waals surface area contributed by atoms with E-state index in [1.807, 2.05) is 0 Å². The zero-order chi connectivity index (χ0) is 11.9. The average Bonchev–Trinajstić information content (AvgIpc) is 2.41. The fraction of sp³-hybridized carbons (Fsp3) is 0.600. The van der Waals surface area contributed by atoms with Crippen molar-refractivity contribution in [1.82, 2.24) is 0 Å². The minimum atomic E-state index is 1.12. The van der Waals surface area contributed by atoms with Crippen molar-refractivity contribution in [2.45, 2.75) is 39.2 Å². The van der Waals surface area contributed by atoms with Crippen molar-refractivity contribution in [3.63, 3.8) is 0 Å². The number of benzene rings is 1. The Morgan fingerprint density at radius 3 is 2.41 bits per heavy atom. The first-order valence-corrected chi connectivity index (χ1v) is 7.05. The van der Waals surface area contributed by atoms with Crippen molar-refractivity contribution in [2.75, 3.05) is 24.5 Å². The molecule has 0 spiro atoms. The fourth-order valence-electron chi connectivity index (χ4n) is 2.47. The summed E-state index contributed by atoms with van der Waals surface area (Å²) in [5.74, 6) is 0. The molecule has 17 heavy (non-hydrogen) atoms. The van der Waals surface area contributed by atoms with Crippen LogP contribution in [0.1, 0.15) is 38.2 Å². The zero-order valence-corrected chi connectivity index (χ0v) is 11.0. The van der Waals surface area contributed by atoms with Crippen molar-refractivity contribution in [1.29, 1.82) is 0 Å². The van der Waals surface area contributed by atoms with Crippen molar-refractivity contribution in [3.05, 3.63) is 29.8 Å². The van der Waals surface area contributed by atoms with E-state index < -0.39 is 0 Å². The summed E-state index contributed by atoms with van der Waals surface area (Å²) < 4.78 is 0. The predicted molar refractivity (Wildman–Crippen MR) is 73.3 cm³/mol. The van der Waals surface area contributed by atoms with E-state index in [9.17, 15) is 0 Å². The Morgan fingerprint density at radius 1 is 1.06 bits per heavy atom. The molecule has 0 aliphatic carbocycles. The molecule has 1 heterocycles. The molecule has 0 unspecified atom stereocenters. The third-order valence-corrected chi connectivity index (χ3v) is 3.53. The lowest BCUT2D eigenvalue weighted by Crippen LogP contribution is -2.82. The molecule has 0 aromatic heterocycles. The molecule has 1 aromatic carbocycles. The first kappa shape index (κ1) is 12.4. The van der Waals surface area contributed by atoms with Gasteiger partial charge in [-0.2, -0.15) is 0 Å². The summed E-state index contributed by atoms with van der Waals surface area (Å²) in [5, 5.41) is 2.38. The van der Waals surface area contributed by atoms with Crippen LogP contribution in [0, 0.1) is 0 Å². The van der Waals surface area contributed by atoms with E-state index in [1.165, 1.54) is 56.6 Å². The summed E-state index contributed by atoms with van der Waals surface area (Å²) in [4.78, 5) is 2.52. The lowest BCUT2D eigenvalue weighted by Gasteiger charge is -2.28. The smallest absolute Gasteiger partial charge is 0.101 e. The fourth-order valence-corrected chi connectivity index (χ4v) is 2.47. The van der Waals surface area contributed by atoms with E-state index in [2.05, 4.69) is 41.4 Å². The summed E-state index contributed by atoms with van der Waals surface area (Å²) in [7, 11) is 0. The van der Waals surface area contributed by atoms with Crippen LogP contribution in [0.2, 0.25) is 0 Å². The van der Waals surface area contributed by atoms with E-state index in [1.54, 1.807) is 0 Å². The molecule has 2 heteroatoms. The lowest BCUT2D eigenvalue weighted by atomic mass is 10.1. The van der Waals surface area contributed by atoms with Crippen LogP contribution in [0.4, 0.5) is 5.69 Å². The maximum Gasteiger partial charge on any atom is 0.101 e. The van der Waals surface area contributed by atoms with Crippen LogP contribution in [0.3, 0.4) is 0 Å². The number of hydrogen-bond acceptors (Lipinski definition) is 1. The summed E-state index contributed by atoms with van der Waals surface area (Å²) in [6, 6.07) is 9.16. The molecule has 0 radical (unpaired) electrons. The second-order valence-corrected chi connectivity index (χ2v) is 5.00. The molecular weight excluding hydrogens is 208 g/mol. The highest BCUT2D eigenvalue weighted by Crippen LogP contribution is 2.19. The summed E-state index contributed by atoms with van der Waals surface area (Å²) in [5.41, 5.74) is 2.85. The van der Waals surface area contributed by atoms with Gasteiger partial charge in [0.2, 0.25) is 0 Å². The summed E-state index contributed by atoms with van der Waals surface area (Å²) >= 11 is 0. The van der Waals surface area contributed by atoms with Gasteiger partial charge >= 0.3 is 0 Å². The number of nitrogens with two attached hydrogens (primary N) is 1. The van der Waals surface area contributed by atoms with Crippen LogP contribution >= 0.6 is 0 Å². The molecule has 2 rings (SSSR count). The van der Waals surface area contributed by atoms with Gasteiger partial charge in [0, 0.05) is 24.3 Å². The number of quaternary nitrogens is 1. The average molecular weight is 233 g/mol. The van der Waals surface area contributed by atoms with Crippen molar-refractivity contribution in [2.24, 2.45) is 0 Å². The predicted octanol–water partition coefficient (Wildman–Crippen LogP) is 2.15. The van der Waals surface area contributed by atoms with E-state index >= 15 is 0 Å². The normalized spacial score (nSPS) is 16.2. The third kappa shape index (κ3) is 3.74. The van der Waals surface area contributed by atoms with E-state index in [-0.39, 0.29) is 0 Å². The molecule has 2 N–H and O–H groups in total. The van der Waals surface area contributed by atoms with Gasteiger partial charge in [-0.1, -0.05) is 19.1 Å². The van der Waals surface area contributed by atoms with Crippen molar-refractivity contribution in [3.8, 4) is 0 Å². The van der Waals surface area contributed by atoms with Gasteiger partial charge in [0.25, 0.3) is 0 Å². The molecule has 1 aliphatic heterocycles. The molecule has 0 bridgehead atoms. The van der Waals surface area contributed by atoms with Gasteiger partial charge in [0.05, 0.1) is 6.54 Å². The number of anilines is 1. The molecule has 1 fully saturated rings. The largest absolute Gasteiger partial charge is 0.372 e. The first-order chi connectivity index (χ1) is 8.40. The zero-order valence-electron chi connectivity index (χ0n) is 11.0. The van der Waals surface area contributed by atoms with Gasteiger partial charge in [-0.25, -0.2) is 0 Å². The molecule has 2 nitrogen and oxygen atoms in total. The van der Waals surface area contributed by atoms with Gasteiger partial charge in [-0.05, 0) is 37.8 Å². The van der Waals surface area contributed by atoms with Crippen LogP contribution in [-0.4, -0.2) is 19.6 Å². The van der Waals surface area contributed by atoms with E-state index in [4.69, 9.17) is 0 Å². The summed E-state index contributed by atoms with van der Waals surface area (Å²) in [6.45, 7) is 7.06. The van der Waals surface area contributed by atoms with Gasteiger partial charge < -0.3 is 10.2 Å². The highest BCUT2D eigenvalue weighted by molar-refractivity contribution is 5.47. The second kappa shape index (κ2) is 6.65. The van der Waals surface area contributed by atoms with Crippen LogP contribution in [0.15, 0.2) is 24.3 Å². The van der Waals surface area contributed by atoms with Crippen LogP contribution in [0.25, 0.3) is 0 Å². The number of hydrogen-bond donors (Lipinski definition) is 1. The molecule has 94 valence electrons. The molecule has 0 amide bonds. The highest BCUT2D eigenvalue weighted by Gasteiger charge is 2.10. The Morgan fingerprint density at radius 2 is 1.76 bits per heavy atom. The summed E-state index contributed by atoms with van der Waals surface area (Å²) in [6.07, 6.45) is 5.37. The molecule has 0 atom stereocenters.